The van der Waals surface area contributed by atoms with Crippen molar-refractivity contribution >= 4 is 16.8 Å². The predicted molar refractivity (Wildman–Crippen MR) is 128 cm³/mol. The number of carbonyl (C=O) groups excluding carboxylic acids is 1. The van der Waals surface area contributed by atoms with Gasteiger partial charge in [-0.25, -0.2) is 0 Å². The number of hydrogen-bond acceptors (Lipinski definition) is 4. The molecule has 5 heteroatoms. The molecule has 0 spiro atoms. The lowest BCUT2D eigenvalue weighted by molar-refractivity contribution is 0.0764. The molecule has 2 heterocycles. The van der Waals surface area contributed by atoms with Gasteiger partial charge >= 0.3 is 0 Å². The second kappa shape index (κ2) is 9.43. The van der Waals surface area contributed by atoms with Gasteiger partial charge in [0.05, 0.1) is 11.6 Å². The maximum absolute atomic E-state index is 13.1. The maximum Gasteiger partial charge on any atom is 0.253 e. The summed E-state index contributed by atoms with van der Waals surface area (Å²) in [6.45, 7) is 1.34. The van der Waals surface area contributed by atoms with Gasteiger partial charge in [-0.3, -0.25) is 9.78 Å². The molecule has 1 aromatic heterocycles. The highest BCUT2D eigenvalue weighted by molar-refractivity contribution is 5.94. The lowest BCUT2D eigenvalue weighted by atomic mass is 9.94. The number of nitrogens with zero attached hydrogens (tertiary/aromatic N) is 2. The molecular weight excluding hydrogens is 412 g/mol. The highest BCUT2D eigenvalue weighted by Crippen LogP contribution is 2.26. The Bertz CT molecular complexity index is 1240. The minimum Gasteiger partial charge on any atom is -0.489 e. The lowest BCUT2D eigenvalue weighted by Gasteiger charge is -2.17. The number of pyridine rings is 1. The van der Waals surface area contributed by atoms with Gasteiger partial charge in [-0.1, -0.05) is 48.5 Å². The third kappa shape index (κ3) is 4.73. The molecule has 166 valence electrons. The molecule has 1 amide bonds. The zero-order valence-corrected chi connectivity index (χ0v) is 18.3. The minimum atomic E-state index is -0.542. The van der Waals surface area contributed by atoms with Crippen molar-refractivity contribution in [3.05, 3.63) is 108 Å². The number of hydrogen-bond donors (Lipinski definition) is 1. The summed E-state index contributed by atoms with van der Waals surface area (Å²) in [5.74, 6) is 0.765. The summed E-state index contributed by atoms with van der Waals surface area (Å²) in [6.07, 6.45) is 1.98. The van der Waals surface area contributed by atoms with E-state index in [0.29, 0.717) is 31.7 Å². The number of amides is 1. The molecule has 1 fully saturated rings. The summed E-state index contributed by atoms with van der Waals surface area (Å²) >= 11 is 0. The molecule has 33 heavy (non-hydrogen) atoms. The van der Waals surface area contributed by atoms with E-state index >= 15 is 0 Å². The topological polar surface area (TPSA) is 62.7 Å². The molecule has 0 radical (unpaired) electrons. The van der Waals surface area contributed by atoms with Crippen LogP contribution in [0.2, 0.25) is 0 Å². The molecule has 2 atom stereocenters. The van der Waals surface area contributed by atoms with Crippen LogP contribution in [0.4, 0.5) is 0 Å². The first kappa shape index (κ1) is 21.2. The largest absolute Gasteiger partial charge is 0.489 e. The van der Waals surface area contributed by atoms with Gasteiger partial charge in [-0.05, 0) is 53.9 Å². The summed E-state index contributed by atoms with van der Waals surface area (Å²) in [5, 5.41) is 11.8. The summed E-state index contributed by atoms with van der Waals surface area (Å²) in [4.78, 5) is 19.2. The average molecular weight is 439 g/mol. The van der Waals surface area contributed by atoms with Gasteiger partial charge in [0.25, 0.3) is 5.91 Å². The van der Waals surface area contributed by atoms with E-state index in [1.807, 2.05) is 85.1 Å². The van der Waals surface area contributed by atoms with E-state index < -0.39 is 6.10 Å². The van der Waals surface area contributed by atoms with Crippen LogP contribution in [0.5, 0.6) is 5.75 Å². The first-order valence-corrected chi connectivity index (χ1v) is 11.2. The van der Waals surface area contributed by atoms with Crippen molar-refractivity contribution in [3.63, 3.8) is 0 Å². The number of β-amino-alcohol motifs (C(OH)–C–C–N with tert-alkyl or cyclic N) is 1. The van der Waals surface area contributed by atoms with Crippen molar-refractivity contribution in [1.29, 1.82) is 0 Å². The number of ether oxygens (including phenoxy) is 1. The molecule has 4 aromatic rings. The zero-order valence-electron chi connectivity index (χ0n) is 18.3. The van der Waals surface area contributed by atoms with Crippen molar-refractivity contribution in [1.82, 2.24) is 9.88 Å². The molecule has 1 saturated heterocycles. The van der Waals surface area contributed by atoms with E-state index in [1.165, 1.54) is 0 Å². The fraction of sp³-hybridized carbons (Fsp3) is 0.214. The van der Waals surface area contributed by atoms with Crippen LogP contribution in [0.15, 0.2) is 91.1 Å². The van der Waals surface area contributed by atoms with Crippen LogP contribution in [0.25, 0.3) is 10.9 Å². The van der Waals surface area contributed by atoms with Crippen molar-refractivity contribution < 1.29 is 14.6 Å². The van der Waals surface area contributed by atoms with Crippen LogP contribution in [0, 0.1) is 5.92 Å². The van der Waals surface area contributed by atoms with Crippen LogP contribution in [0.3, 0.4) is 0 Å². The van der Waals surface area contributed by atoms with E-state index in [9.17, 15) is 9.90 Å². The fourth-order valence-corrected chi connectivity index (χ4v) is 4.45. The first-order valence-electron chi connectivity index (χ1n) is 11.2. The van der Waals surface area contributed by atoms with E-state index in [-0.39, 0.29) is 11.8 Å². The van der Waals surface area contributed by atoms with Crippen LogP contribution >= 0.6 is 0 Å². The van der Waals surface area contributed by atoms with Gasteiger partial charge in [-0.2, -0.15) is 0 Å². The highest BCUT2D eigenvalue weighted by Gasteiger charge is 2.34. The van der Waals surface area contributed by atoms with Crippen LogP contribution in [-0.2, 0) is 13.0 Å². The third-order valence-electron chi connectivity index (χ3n) is 6.26. The SMILES string of the molecule is O=C(c1ccc(COc2ccccc2)cc1)N1C[C@@H](Cc2ccnc3ccccc23)[C@H](O)C1. The predicted octanol–water partition coefficient (Wildman–Crippen LogP) is 4.49. The van der Waals surface area contributed by atoms with Crippen molar-refractivity contribution in [2.75, 3.05) is 13.1 Å². The molecule has 1 aliphatic rings. The Morgan fingerprint density at radius 1 is 0.939 bits per heavy atom. The molecule has 3 aromatic carbocycles. The first-order chi connectivity index (χ1) is 16.2. The van der Waals surface area contributed by atoms with E-state index in [4.69, 9.17) is 4.74 Å². The molecule has 0 unspecified atom stereocenters. The lowest BCUT2D eigenvalue weighted by Crippen LogP contribution is -2.29. The van der Waals surface area contributed by atoms with Gasteiger partial charge in [-0.15, -0.1) is 0 Å². The van der Waals surface area contributed by atoms with Crippen LogP contribution in [-0.4, -0.2) is 40.1 Å². The molecule has 5 rings (SSSR count). The van der Waals surface area contributed by atoms with Crippen LogP contribution < -0.4 is 4.74 Å². The zero-order chi connectivity index (χ0) is 22.6. The maximum atomic E-state index is 13.1. The van der Waals surface area contributed by atoms with Gasteiger partial charge in [0.15, 0.2) is 0 Å². The number of aliphatic hydroxyl groups excluding tert-OH is 1. The Labute approximate surface area is 193 Å². The Kier molecular flexibility index (Phi) is 6.05. The number of carbonyl (C=O) groups is 1. The molecule has 5 nitrogen and oxygen atoms in total. The Hall–Kier alpha value is -3.70. The summed E-state index contributed by atoms with van der Waals surface area (Å²) < 4.78 is 5.77. The van der Waals surface area contributed by atoms with Gasteiger partial charge in [0.2, 0.25) is 0 Å². The second-order valence-corrected chi connectivity index (χ2v) is 8.53. The smallest absolute Gasteiger partial charge is 0.253 e. The molecule has 1 N–H and O–H groups in total. The van der Waals surface area contributed by atoms with Crippen molar-refractivity contribution in [2.24, 2.45) is 5.92 Å². The Balaban J connectivity index is 1.22. The molecule has 0 bridgehead atoms. The number of aromatic nitrogens is 1. The standard InChI is InChI=1S/C28H26N2O3/c31-27-18-30(17-23(27)16-22-14-15-29-26-9-5-4-8-25(22)26)28(32)21-12-10-20(11-13-21)19-33-24-6-2-1-3-7-24/h1-15,23,27,31H,16-19H2/t23-,27-/m1/s1. The molecule has 0 aliphatic carbocycles. The van der Waals surface area contributed by atoms with Crippen LogP contribution in [0.1, 0.15) is 21.5 Å². The molecule has 0 saturated carbocycles. The molecular formula is C28H26N2O3. The van der Waals surface area contributed by atoms with E-state index in [2.05, 4.69) is 11.1 Å². The fourth-order valence-electron chi connectivity index (χ4n) is 4.45. The van der Waals surface area contributed by atoms with E-state index in [0.717, 1.165) is 27.8 Å². The number of rotatable bonds is 6. The summed E-state index contributed by atoms with van der Waals surface area (Å²) in [5.41, 5.74) is 3.73. The quantitative estimate of drug-likeness (QED) is 0.482. The number of likely N-dealkylation sites (tertiary alicyclic amines) is 1. The number of benzene rings is 3. The summed E-state index contributed by atoms with van der Waals surface area (Å²) in [6, 6.07) is 27.2. The van der Waals surface area contributed by atoms with Gasteiger partial charge in [0, 0.05) is 36.2 Å². The normalized spacial score (nSPS) is 17.9. The Morgan fingerprint density at radius 2 is 1.70 bits per heavy atom. The number of para-hydroxylation sites is 2. The minimum absolute atomic E-state index is 0.00157. The Morgan fingerprint density at radius 3 is 2.52 bits per heavy atom. The monoisotopic (exact) mass is 438 g/mol. The number of aliphatic hydroxyl groups is 1. The van der Waals surface area contributed by atoms with Gasteiger partial charge in [0.1, 0.15) is 12.4 Å². The summed E-state index contributed by atoms with van der Waals surface area (Å²) in [7, 11) is 0. The van der Waals surface area contributed by atoms with Crippen molar-refractivity contribution in [2.45, 2.75) is 19.1 Å². The van der Waals surface area contributed by atoms with Crippen molar-refractivity contribution in [3.8, 4) is 5.75 Å². The molecule has 1 aliphatic heterocycles. The van der Waals surface area contributed by atoms with Gasteiger partial charge < -0.3 is 14.7 Å². The average Bonchev–Trinajstić information content (AvgIpc) is 3.23. The third-order valence-corrected chi connectivity index (χ3v) is 6.26. The highest BCUT2D eigenvalue weighted by atomic mass is 16.5. The second-order valence-electron chi connectivity index (χ2n) is 8.53. The number of fused-ring (bicyclic) bond motifs is 1. The van der Waals surface area contributed by atoms with E-state index in [1.54, 1.807) is 4.90 Å².